The van der Waals surface area contributed by atoms with Gasteiger partial charge in [0.2, 0.25) is 0 Å². The summed E-state index contributed by atoms with van der Waals surface area (Å²) in [5, 5.41) is 2.78. The lowest BCUT2D eigenvalue weighted by atomic mass is 10.2. The van der Waals surface area contributed by atoms with E-state index in [0.717, 1.165) is 0 Å². The van der Waals surface area contributed by atoms with E-state index in [0.29, 0.717) is 12.1 Å². The number of benzene rings is 1. The zero-order valence-corrected chi connectivity index (χ0v) is 11.0. The Morgan fingerprint density at radius 1 is 1.25 bits per heavy atom. The molecule has 0 fully saturated rings. The minimum absolute atomic E-state index is 0.0644. The summed E-state index contributed by atoms with van der Waals surface area (Å²) in [6, 6.07) is 9.18. The van der Waals surface area contributed by atoms with Crippen LogP contribution in [0.2, 0.25) is 19.6 Å². The van der Waals surface area contributed by atoms with Crippen LogP contribution in [-0.4, -0.2) is 20.5 Å². The predicted molar refractivity (Wildman–Crippen MR) is 69.9 cm³/mol. The zero-order chi connectivity index (χ0) is 12.0. The average molecular weight is 231 g/mol. The largest absolute Gasteiger partial charge is 0.341 e. The van der Waals surface area contributed by atoms with Crippen molar-refractivity contribution in [1.82, 2.24) is 5.32 Å². The number of carbonyl (C=O) groups is 1. The summed E-state index contributed by atoms with van der Waals surface area (Å²) in [7, 11) is -1.32. The highest BCUT2D eigenvalue weighted by Crippen LogP contribution is 1.97. The van der Waals surface area contributed by atoms with Gasteiger partial charge in [-0.2, -0.15) is 0 Å². The van der Waals surface area contributed by atoms with E-state index in [1.807, 2.05) is 18.2 Å². The van der Waals surface area contributed by atoms with Crippen molar-refractivity contribution in [3.05, 3.63) is 35.9 Å². The molecular formula is C13H17NOSi. The minimum Gasteiger partial charge on any atom is -0.341 e. The lowest BCUT2D eigenvalue weighted by Crippen LogP contribution is -2.24. The summed E-state index contributed by atoms with van der Waals surface area (Å²) in [5.41, 5.74) is 3.88. The molecule has 1 aromatic rings. The molecule has 1 amide bonds. The van der Waals surface area contributed by atoms with Crippen LogP contribution < -0.4 is 5.32 Å². The Morgan fingerprint density at radius 3 is 2.44 bits per heavy atom. The molecule has 16 heavy (non-hydrogen) atoms. The smallest absolute Gasteiger partial charge is 0.252 e. The summed E-state index contributed by atoms with van der Waals surface area (Å²) in [5.74, 6) is 2.94. The summed E-state index contributed by atoms with van der Waals surface area (Å²) in [4.78, 5) is 11.6. The van der Waals surface area contributed by atoms with Crippen molar-refractivity contribution in [3.63, 3.8) is 0 Å². The highest BCUT2D eigenvalue weighted by atomic mass is 28.3. The number of rotatable bonds is 2. The van der Waals surface area contributed by atoms with Gasteiger partial charge < -0.3 is 5.32 Å². The molecule has 0 heterocycles. The van der Waals surface area contributed by atoms with Crippen LogP contribution in [0.15, 0.2) is 30.3 Å². The molecule has 0 unspecified atom stereocenters. The molecule has 0 aromatic heterocycles. The highest BCUT2D eigenvalue weighted by Gasteiger charge is 2.07. The molecule has 0 aliphatic rings. The number of hydrogen-bond donors (Lipinski definition) is 1. The van der Waals surface area contributed by atoms with Gasteiger partial charge in [0.15, 0.2) is 0 Å². The van der Waals surface area contributed by atoms with E-state index in [9.17, 15) is 4.79 Å². The van der Waals surface area contributed by atoms with Gasteiger partial charge in [-0.3, -0.25) is 4.79 Å². The van der Waals surface area contributed by atoms with E-state index in [2.05, 4.69) is 36.4 Å². The van der Waals surface area contributed by atoms with Crippen molar-refractivity contribution >= 4 is 14.0 Å². The van der Waals surface area contributed by atoms with Crippen LogP contribution in [0.5, 0.6) is 0 Å². The second-order valence-electron chi connectivity index (χ2n) is 4.60. The molecule has 1 rings (SSSR count). The van der Waals surface area contributed by atoms with Gasteiger partial charge in [-0.1, -0.05) is 43.8 Å². The van der Waals surface area contributed by atoms with Crippen molar-refractivity contribution in [3.8, 4) is 11.5 Å². The molecule has 3 heteroatoms. The van der Waals surface area contributed by atoms with Gasteiger partial charge in [-0.25, -0.2) is 0 Å². The van der Waals surface area contributed by atoms with Crippen molar-refractivity contribution in [2.75, 3.05) is 6.54 Å². The summed E-state index contributed by atoms with van der Waals surface area (Å²) in [6.45, 7) is 6.97. The molecule has 0 aliphatic carbocycles. The molecule has 0 radical (unpaired) electrons. The normalized spacial score (nSPS) is 10.2. The van der Waals surface area contributed by atoms with Gasteiger partial charge in [0.05, 0.1) is 6.54 Å². The Bertz CT molecular complexity index is 409. The number of amides is 1. The van der Waals surface area contributed by atoms with Gasteiger partial charge in [-0.05, 0) is 12.1 Å². The second kappa shape index (κ2) is 5.52. The van der Waals surface area contributed by atoms with Gasteiger partial charge in [0.1, 0.15) is 8.07 Å². The first-order valence-corrected chi connectivity index (χ1v) is 8.82. The van der Waals surface area contributed by atoms with E-state index in [1.54, 1.807) is 12.1 Å². The lowest BCUT2D eigenvalue weighted by Gasteiger charge is -2.04. The number of carbonyl (C=O) groups excluding carboxylic acids is 1. The van der Waals surface area contributed by atoms with Gasteiger partial charge in [0.25, 0.3) is 5.91 Å². The third-order valence-corrected chi connectivity index (χ3v) is 2.76. The molecular weight excluding hydrogens is 214 g/mol. The van der Waals surface area contributed by atoms with Crippen LogP contribution in [0.3, 0.4) is 0 Å². The molecule has 1 N–H and O–H groups in total. The Labute approximate surface area is 98.1 Å². The van der Waals surface area contributed by atoms with E-state index < -0.39 is 8.07 Å². The second-order valence-corrected chi connectivity index (χ2v) is 9.35. The fourth-order valence-corrected chi connectivity index (χ4v) is 1.74. The maximum absolute atomic E-state index is 11.6. The third kappa shape index (κ3) is 4.81. The van der Waals surface area contributed by atoms with Crippen molar-refractivity contribution in [2.45, 2.75) is 19.6 Å². The first-order chi connectivity index (χ1) is 7.49. The maximum Gasteiger partial charge on any atom is 0.252 e. The predicted octanol–water partition coefficient (Wildman–Crippen LogP) is 2.30. The van der Waals surface area contributed by atoms with Crippen molar-refractivity contribution < 1.29 is 4.79 Å². The van der Waals surface area contributed by atoms with Crippen LogP contribution in [0.4, 0.5) is 0 Å². The van der Waals surface area contributed by atoms with E-state index in [4.69, 9.17) is 0 Å². The first-order valence-electron chi connectivity index (χ1n) is 5.32. The SMILES string of the molecule is C[Si](C)(C)C#CCNC(=O)c1ccccc1. The van der Waals surface area contributed by atoms with Crippen LogP contribution in [0, 0.1) is 11.5 Å². The molecule has 0 saturated carbocycles. The maximum atomic E-state index is 11.6. The lowest BCUT2D eigenvalue weighted by molar-refractivity contribution is 0.0958. The fourth-order valence-electron chi connectivity index (χ4n) is 1.13. The van der Waals surface area contributed by atoms with Crippen LogP contribution in [0.1, 0.15) is 10.4 Å². The third-order valence-electron chi connectivity index (χ3n) is 1.84. The Balaban J connectivity index is 2.45. The van der Waals surface area contributed by atoms with Crippen molar-refractivity contribution in [2.24, 2.45) is 0 Å². The quantitative estimate of drug-likeness (QED) is 0.614. The van der Waals surface area contributed by atoms with Crippen LogP contribution in [0.25, 0.3) is 0 Å². The number of nitrogens with one attached hydrogen (secondary N) is 1. The molecule has 0 spiro atoms. The molecule has 0 saturated heterocycles. The minimum atomic E-state index is -1.32. The van der Waals surface area contributed by atoms with Gasteiger partial charge >= 0.3 is 0 Å². The monoisotopic (exact) mass is 231 g/mol. The standard InChI is InChI=1S/C13H17NOSi/c1-16(2,3)11-7-10-14-13(15)12-8-5-4-6-9-12/h4-6,8-9H,10H2,1-3H3,(H,14,15). The fraction of sp³-hybridized carbons (Fsp3) is 0.308. The summed E-state index contributed by atoms with van der Waals surface area (Å²) in [6.07, 6.45) is 0. The Hall–Kier alpha value is -1.53. The molecule has 1 aromatic carbocycles. The molecule has 84 valence electrons. The molecule has 0 atom stereocenters. The molecule has 0 bridgehead atoms. The van der Waals surface area contributed by atoms with Gasteiger partial charge in [0, 0.05) is 5.56 Å². The first kappa shape index (κ1) is 12.5. The summed E-state index contributed by atoms with van der Waals surface area (Å²) < 4.78 is 0. The Morgan fingerprint density at radius 2 is 1.88 bits per heavy atom. The highest BCUT2D eigenvalue weighted by molar-refractivity contribution is 6.83. The van der Waals surface area contributed by atoms with Crippen molar-refractivity contribution in [1.29, 1.82) is 0 Å². The van der Waals surface area contributed by atoms with Gasteiger partial charge in [-0.15, -0.1) is 5.54 Å². The summed E-state index contributed by atoms with van der Waals surface area (Å²) >= 11 is 0. The number of hydrogen-bond acceptors (Lipinski definition) is 1. The molecule has 2 nitrogen and oxygen atoms in total. The van der Waals surface area contributed by atoms with Crippen LogP contribution in [-0.2, 0) is 0 Å². The molecule has 0 aliphatic heterocycles. The van der Waals surface area contributed by atoms with E-state index in [-0.39, 0.29) is 5.91 Å². The Kier molecular flexibility index (Phi) is 4.33. The average Bonchev–Trinajstić information content (AvgIpc) is 2.24. The van der Waals surface area contributed by atoms with E-state index >= 15 is 0 Å². The van der Waals surface area contributed by atoms with E-state index in [1.165, 1.54) is 0 Å². The van der Waals surface area contributed by atoms with Crippen LogP contribution >= 0.6 is 0 Å². The zero-order valence-electron chi connectivity index (χ0n) is 10.0. The topological polar surface area (TPSA) is 29.1 Å².